The van der Waals surface area contributed by atoms with Gasteiger partial charge in [-0.15, -0.1) is 0 Å². The van der Waals surface area contributed by atoms with E-state index in [4.69, 9.17) is 13.6 Å². The van der Waals surface area contributed by atoms with Crippen molar-refractivity contribution in [3.63, 3.8) is 0 Å². The van der Waals surface area contributed by atoms with Crippen molar-refractivity contribution in [1.82, 2.24) is 9.55 Å². The van der Waals surface area contributed by atoms with E-state index in [0.717, 1.165) is 21.9 Å². The molecule has 4 rings (SSSR count). The van der Waals surface area contributed by atoms with Gasteiger partial charge in [-0.3, -0.25) is 4.57 Å². The number of ether oxygens (including phenoxy) is 1. The maximum atomic E-state index is 13.5. The van der Waals surface area contributed by atoms with Gasteiger partial charge in [0.2, 0.25) is 0 Å². The lowest BCUT2D eigenvalue weighted by Gasteiger charge is -2.40. The average molecular weight is 581 g/mol. The molecule has 2 aromatic carbocycles. The summed E-state index contributed by atoms with van der Waals surface area (Å²) in [4.78, 5) is 18.1. The van der Waals surface area contributed by atoms with Crippen LogP contribution in [-0.4, -0.2) is 45.0 Å². The van der Waals surface area contributed by atoms with Crippen LogP contribution >= 0.6 is 0 Å². The van der Waals surface area contributed by atoms with E-state index >= 15 is 0 Å². The van der Waals surface area contributed by atoms with Crippen LogP contribution in [0.3, 0.4) is 0 Å². The lowest BCUT2D eigenvalue weighted by Crippen LogP contribution is -2.48. The third kappa shape index (κ3) is 6.21. The predicted molar refractivity (Wildman–Crippen MR) is 170 cm³/mol. The normalized spacial score (nSPS) is 20.8. The van der Waals surface area contributed by atoms with Crippen LogP contribution in [0.4, 0.5) is 0 Å². The molecule has 3 atom stereocenters. The predicted octanol–water partition coefficient (Wildman–Crippen LogP) is 8.07. The summed E-state index contributed by atoms with van der Waals surface area (Å²) in [6, 6.07) is 14.3. The number of hydrogen-bond acceptors (Lipinski definition) is 5. The zero-order valence-electron chi connectivity index (χ0n) is 26.3. The summed E-state index contributed by atoms with van der Waals surface area (Å²) in [6.07, 6.45) is 1.63. The van der Waals surface area contributed by atoms with Gasteiger partial charge in [-0.25, -0.2) is 4.79 Å². The van der Waals surface area contributed by atoms with Crippen LogP contribution in [0.1, 0.15) is 59.8 Å². The Labute approximate surface area is 242 Å². The van der Waals surface area contributed by atoms with Gasteiger partial charge < -0.3 is 13.6 Å². The molecule has 1 aliphatic rings. The fourth-order valence-electron chi connectivity index (χ4n) is 4.68. The van der Waals surface area contributed by atoms with Gasteiger partial charge in [-0.1, -0.05) is 84.0 Å². The summed E-state index contributed by atoms with van der Waals surface area (Å²) < 4.78 is 21.8. The molecule has 1 fully saturated rings. The van der Waals surface area contributed by atoms with E-state index in [1.165, 1.54) is 0 Å². The highest BCUT2D eigenvalue weighted by atomic mass is 28.4. The van der Waals surface area contributed by atoms with Gasteiger partial charge in [0.15, 0.2) is 16.6 Å². The molecular weight excluding hydrogens is 533 g/mol. The number of hydrogen-bond donors (Lipinski definition) is 0. The molecule has 2 heterocycles. The topological polar surface area (TPSA) is 62.6 Å². The number of nitrogens with zero attached hydrogens (tertiary/aromatic N) is 2. The maximum absolute atomic E-state index is 13.5. The minimum Gasteiger partial charge on any atom is -0.414 e. The summed E-state index contributed by atoms with van der Waals surface area (Å²) in [7, 11) is -4.08. The third-order valence-corrected chi connectivity index (χ3v) is 18.3. The molecule has 0 bridgehead atoms. The zero-order valence-corrected chi connectivity index (χ0v) is 28.3. The molecule has 218 valence electrons. The lowest BCUT2D eigenvalue weighted by atomic mass is 10.00. The molecule has 0 saturated carbocycles. The first-order chi connectivity index (χ1) is 18.4. The van der Waals surface area contributed by atoms with Gasteiger partial charge in [-0.2, -0.15) is 4.98 Å². The Balaban J connectivity index is 1.66. The first kappa shape index (κ1) is 30.8. The third-order valence-electron chi connectivity index (χ3n) is 9.34. The molecular formula is C32H48N2O4Si2. The summed E-state index contributed by atoms with van der Waals surface area (Å²) in [5.41, 5.74) is 2.30. The van der Waals surface area contributed by atoms with E-state index in [-0.39, 0.29) is 28.0 Å². The quantitative estimate of drug-likeness (QED) is 0.264. The Hall–Kier alpha value is -2.11. The Bertz CT molecular complexity index is 1410. The van der Waals surface area contributed by atoms with Gasteiger partial charge in [0.1, 0.15) is 12.3 Å². The lowest BCUT2D eigenvalue weighted by molar-refractivity contribution is -0.0412. The monoisotopic (exact) mass is 580 g/mol. The SMILES string of the molecule is Cc1cn([C@H]2C[C@H](O[Si](C)(C)C(C)(C)C)[C@@H](CO[Si](C)(C)C(C)(C)C)O2)c(=O)nc1-c1cccc2ccccc12. The van der Waals surface area contributed by atoms with Crippen molar-refractivity contribution in [2.75, 3.05) is 6.61 Å². The highest BCUT2D eigenvalue weighted by Crippen LogP contribution is 2.42. The standard InChI is InChI=1S/C32H48N2O4Si2/c1-22-20-34(30(35)33-29(22)25-18-14-16-23-15-12-13-17-24(23)25)28-19-26(38-40(10,11)32(5,6)7)27(37-28)21-36-39(8,9)31(2,3)4/h12-18,20,26-28H,19,21H2,1-11H3/t26-,27+,28+/m0/s1. The minimum absolute atomic E-state index is 0.0605. The Morgan fingerprint density at radius 3 is 2.23 bits per heavy atom. The van der Waals surface area contributed by atoms with Gasteiger partial charge in [-0.05, 0) is 59.5 Å². The molecule has 1 aromatic heterocycles. The maximum Gasteiger partial charge on any atom is 0.350 e. The fourth-order valence-corrected chi connectivity index (χ4v) is 7.06. The molecule has 0 radical (unpaired) electrons. The minimum atomic E-state index is -2.08. The highest BCUT2D eigenvalue weighted by Gasteiger charge is 2.46. The molecule has 3 aromatic rings. The van der Waals surface area contributed by atoms with Crippen molar-refractivity contribution in [3.05, 3.63) is 64.7 Å². The van der Waals surface area contributed by atoms with Crippen molar-refractivity contribution in [3.8, 4) is 11.3 Å². The van der Waals surface area contributed by atoms with Gasteiger partial charge >= 0.3 is 5.69 Å². The van der Waals surface area contributed by atoms with Crippen LogP contribution in [0.25, 0.3) is 22.0 Å². The number of aryl methyl sites for hydroxylation is 1. The fraction of sp³-hybridized carbons (Fsp3) is 0.562. The van der Waals surface area contributed by atoms with Crippen LogP contribution in [0.5, 0.6) is 0 Å². The molecule has 1 saturated heterocycles. The van der Waals surface area contributed by atoms with Gasteiger partial charge in [0, 0.05) is 18.2 Å². The first-order valence-corrected chi connectivity index (χ1v) is 20.3. The molecule has 0 aliphatic carbocycles. The van der Waals surface area contributed by atoms with E-state index in [1.54, 1.807) is 4.57 Å². The number of fused-ring (bicyclic) bond motifs is 1. The molecule has 0 N–H and O–H groups in total. The summed E-state index contributed by atoms with van der Waals surface area (Å²) in [5, 5.41) is 2.36. The van der Waals surface area contributed by atoms with Gasteiger partial charge in [0.05, 0.1) is 18.4 Å². The van der Waals surface area contributed by atoms with Crippen molar-refractivity contribution in [2.24, 2.45) is 0 Å². The van der Waals surface area contributed by atoms with Crippen molar-refractivity contribution in [1.29, 1.82) is 0 Å². The zero-order chi connectivity index (χ0) is 29.7. The van der Waals surface area contributed by atoms with E-state index in [1.807, 2.05) is 37.4 Å². The molecule has 0 spiro atoms. The molecule has 8 heteroatoms. The largest absolute Gasteiger partial charge is 0.414 e. The first-order valence-electron chi connectivity index (χ1n) is 14.5. The molecule has 6 nitrogen and oxygen atoms in total. The Kier molecular flexibility index (Phi) is 8.44. The van der Waals surface area contributed by atoms with Crippen LogP contribution in [-0.2, 0) is 13.6 Å². The number of aromatic nitrogens is 2. The van der Waals surface area contributed by atoms with E-state index < -0.39 is 22.9 Å². The van der Waals surface area contributed by atoms with Crippen molar-refractivity contribution in [2.45, 2.75) is 110 Å². The number of rotatable bonds is 7. The van der Waals surface area contributed by atoms with E-state index in [2.05, 4.69) is 90.9 Å². The molecule has 0 amide bonds. The summed E-state index contributed by atoms with van der Waals surface area (Å²) >= 11 is 0. The van der Waals surface area contributed by atoms with Crippen LogP contribution in [0, 0.1) is 6.92 Å². The summed E-state index contributed by atoms with van der Waals surface area (Å²) in [5.74, 6) is 0. The van der Waals surface area contributed by atoms with Crippen LogP contribution in [0.2, 0.25) is 36.3 Å². The Morgan fingerprint density at radius 1 is 0.950 bits per heavy atom. The molecule has 0 unspecified atom stereocenters. The second-order valence-electron chi connectivity index (χ2n) is 14.3. The Morgan fingerprint density at radius 2 is 1.57 bits per heavy atom. The van der Waals surface area contributed by atoms with Gasteiger partial charge in [0.25, 0.3) is 0 Å². The summed E-state index contributed by atoms with van der Waals surface area (Å²) in [6.45, 7) is 25.0. The van der Waals surface area contributed by atoms with Crippen molar-refractivity contribution < 1.29 is 13.6 Å². The second-order valence-corrected chi connectivity index (χ2v) is 23.9. The smallest absolute Gasteiger partial charge is 0.350 e. The van der Waals surface area contributed by atoms with E-state index in [0.29, 0.717) is 18.7 Å². The highest BCUT2D eigenvalue weighted by molar-refractivity contribution is 6.74. The van der Waals surface area contributed by atoms with Crippen LogP contribution < -0.4 is 5.69 Å². The molecule has 1 aliphatic heterocycles. The second kappa shape index (κ2) is 10.9. The van der Waals surface area contributed by atoms with Crippen LogP contribution in [0.15, 0.2) is 53.5 Å². The van der Waals surface area contributed by atoms with E-state index in [9.17, 15) is 4.79 Å². The number of benzene rings is 2. The van der Waals surface area contributed by atoms with Crippen molar-refractivity contribution >= 4 is 27.4 Å². The average Bonchev–Trinajstić information content (AvgIpc) is 3.24. The molecule has 40 heavy (non-hydrogen) atoms.